The van der Waals surface area contributed by atoms with Crippen LogP contribution in [0.15, 0.2) is 12.3 Å². The first-order chi connectivity index (χ1) is 9.18. The first-order valence-electron chi connectivity index (χ1n) is 7.21. The molecular formula is C15H25BN2O2. The van der Waals surface area contributed by atoms with Crippen LogP contribution in [-0.4, -0.2) is 36.9 Å². The highest BCUT2D eigenvalue weighted by atomic mass is 16.7. The summed E-state index contributed by atoms with van der Waals surface area (Å²) in [7, 11) is 1.70. The molecule has 0 N–H and O–H groups in total. The van der Waals surface area contributed by atoms with Crippen LogP contribution in [0.4, 0.5) is 5.82 Å². The molecule has 1 aliphatic heterocycles. The van der Waals surface area contributed by atoms with Gasteiger partial charge in [0.1, 0.15) is 5.82 Å². The maximum atomic E-state index is 6.06. The normalized spacial score (nSPS) is 20.2. The molecule has 2 heterocycles. The molecule has 0 bridgehead atoms. The summed E-state index contributed by atoms with van der Waals surface area (Å²) < 4.78 is 12.1. The first-order valence-corrected chi connectivity index (χ1v) is 7.21. The van der Waals surface area contributed by atoms with Crippen LogP contribution in [0.1, 0.15) is 40.2 Å². The highest BCUT2D eigenvalue weighted by molar-refractivity contribution is 6.62. The number of pyridine rings is 1. The first kappa shape index (κ1) is 15.3. The van der Waals surface area contributed by atoms with Crippen LogP contribution in [0.3, 0.4) is 0 Å². The van der Waals surface area contributed by atoms with Crippen LogP contribution in [0.25, 0.3) is 0 Å². The monoisotopic (exact) mass is 276 g/mol. The summed E-state index contributed by atoms with van der Waals surface area (Å²) >= 11 is 0. The molecule has 20 heavy (non-hydrogen) atoms. The van der Waals surface area contributed by atoms with Gasteiger partial charge in [-0.3, -0.25) is 0 Å². The van der Waals surface area contributed by atoms with Crippen molar-refractivity contribution in [2.24, 2.45) is 0 Å². The van der Waals surface area contributed by atoms with Crippen molar-refractivity contribution in [3.63, 3.8) is 0 Å². The second kappa shape index (κ2) is 5.04. The summed E-state index contributed by atoms with van der Waals surface area (Å²) in [4.78, 5) is 6.68. The quantitative estimate of drug-likeness (QED) is 0.792. The van der Waals surface area contributed by atoms with Crippen LogP contribution in [0.2, 0.25) is 0 Å². The predicted octanol–water partition coefficient (Wildman–Crippen LogP) is 2.15. The SMILES string of the molecule is CCN(C)c1ncc(B2OC(C)(C)C(C)(C)O2)cc1C. The average molecular weight is 276 g/mol. The van der Waals surface area contributed by atoms with Crippen molar-refractivity contribution in [3.8, 4) is 0 Å². The van der Waals surface area contributed by atoms with Crippen molar-refractivity contribution in [3.05, 3.63) is 17.8 Å². The number of hydrogen-bond donors (Lipinski definition) is 0. The Hall–Kier alpha value is -1.07. The fourth-order valence-corrected chi connectivity index (χ4v) is 2.25. The molecule has 1 aromatic heterocycles. The minimum atomic E-state index is -0.341. The Bertz CT molecular complexity index is 487. The van der Waals surface area contributed by atoms with E-state index in [1.165, 1.54) is 0 Å². The van der Waals surface area contributed by atoms with Crippen LogP contribution in [-0.2, 0) is 9.31 Å². The lowest BCUT2D eigenvalue weighted by molar-refractivity contribution is 0.00578. The summed E-state index contributed by atoms with van der Waals surface area (Å²) in [5.74, 6) is 1.01. The summed E-state index contributed by atoms with van der Waals surface area (Å²) in [5.41, 5.74) is 1.49. The Morgan fingerprint density at radius 3 is 2.20 bits per heavy atom. The smallest absolute Gasteiger partial charge is 0.399 e. The van der Waals surface area contributed by atoms with Crippen LogP contribution >= 0.6 is 0 Å². The molecule has 1 aliphatic rings. The van der Waals surface area contributed by atoms with Gasteiger partial charge in [-0.2, -0.15) is 0 Å². The molecule has 0 aliphatic carbocycles. The van der Waals surface area contributed by atoms with Crippen molar-refractivity contribution in [2.45, 2.75) is 52.7 Å². The summed E-state index contributed by atoms with van der Waals surface area (Å²) in [6.07, 6.45) is 1.86. The molecule has 1 aromatic rings. The van der Waals surface area contributed by atoms with E-state index in [1.807, 2.05) is 13.2 Å². The molecule has 0 amide bonds. The van der Waals surface area contributed by atoms with E-state index >= 15 is 0 Å². The molecular weight excluding hydrogens is 251 g/mol. The fraction of sp³-hybridized carbons (Fsp3) is 0.667. The molecule has 0 saturated carbocycles. The third-order valence-corrected chi connectivity index (χ3v) is 4.43. The standard InChI is InChI=1S/C15H25BN2O2/c1-8-18(7)13-11(2)9-12(10-17-13)16-19-14(3,4)15(5,6)20-16/h9-10H,8H2,1-7H3. The average Bonchev–Trinajstić information content (AvgIpc) is 2.57. The van der Waals surface area contributed by atoms with E-state index in [9.17, 15) is 0 Å². The second-order valence-electron chi connectivity index (χ2n) is 6.51. The molecule has 4 nitrogen and oxygen atoms in total. The zero-order valence-electron chi connectivity index (χ0n) is 13.7. The van der Waals surface area contributed by atoms with E-state index in [4.69, 9.17) is 9.31 Å². The largest absolute Gasteiger partial charge is 0.496 e. The molecule has 0 aromatic carbocycles. The molecule has 110 valence electrons. The zero-order chi connectivity index (χ0) is 15.1. The van der Waals surface area contributed by atoms with Crippen LogP contribution in [0, 0.1) is 6.92 Å². The number of aryl methyl sites for hydroxylation is 1. The minimum Gasteiger partial charge on any atom is -0.399 e. The number of rotatable bonds is 3. The van der Waals surface area contributed by atoms with E-state index < -0.39 is 0 Å². The van der Waals surface area contributed by atoms with Crippen molar-refractivity contribution in [2.75, 3.05) is 18.5 Å². The van der Waals surface area contributed by atoms with Gasteiger partial charge < -0.3 is 14.2 Å². The van der Waals surface area contributed by atoms with Crippen molar-refractivity contribution in [1.82, 2.24) is 4.98 Å². The summed E-state index contributed by atoms with van der Waals surface area (Å²) in [5, 5.41) is 0. The van der Waals surface area contributed by atoms with Gasteiger partial charge in [-0.05, 0) is 47.1 Å². The van der Waals surface area contributed by atoms with E-state index in [0.717, 1.165) is 23.4 Å². The maximum absolute atomic E-state index is 6.06. The second-order valence-corrected chi connectivity index (χ2v) is 6.51. The van der Waals surface area contributed by atoms with E-state index in [0.29, 0.717) is 0 Å². The van der Waals surface area contributed by atoms with Gasteiger partial charge >= 0.3 is 7.12 Å². The van der Waals surface area contributed by atoms with Gasteiger partial charge in [0.05, 0.1) is 11.2 Å². The van der Waals surface area contributed by atoms with Crippen molar-refractivity contribution >= 4 is 18.4 Å². The lowest BCUT2D eigenvalue weighted by Crippen LogP contribution is -2.41. The Morgan fingerprint density at radius 2 is 1.75 bits per heavy atom. The Balaban J connectivity index is 2.26. The highest BCUT2D eigenvalue weighted by Gasteiger charge is 2.51. The Morgan fingerprint density at radius 1 is 1.20 bits per heavy atom. The molecule has 0 spiro atoms. The van der Waals surface area contributed by atoms with Gasteiger partial charge in [0, 0.05) is 25.3 Å². The van der Waals surface area contributed by atoms with Gasteiger partial charge in [0.15, 0.2) is 0 Å². The van der Waals surface area contributed by atoms with Gasteiger partial charge in [-0.15, -0.1) is 0 Å². The molecule has 5 heteroatoms. The van der Waals surface area contributed by atoms with Gasteiger partial charge in [-0.25, -0.2) is 4.98 Å². The fourth-order valence-electron chi connectivity index (χ4n) is 2.25. The van der Waals surface area contributed by atoms with Gasteiger partial charge in [0.2, 0.25) is 0 Å². The summed E-state index contributed by atoms with van der Waals surface area (Å²) in [6, 6.07) is 2.11. The highest BCUT2D eigenvalue weighted by Crippen LogP contribution is 2.36. The lowest BCUT2D eigenvalue weighted by atomic mass is 9.79. The van der Waals surface area contributed by atoms with Crippen LogP contribution in [0.5, 0.6) is 0 Å². The maximum Gasteiger partial charge on any atom is 0.496 e. The Labute approximate surface area is 122 Å². The van der Waals surface area contributed by atoms with E-state index in [-0.39, 0.29) is 18.3 Å². The van der Waals surface area contributed by atoms with Gasteiger partial charge in [-0.1, -0.05) is 6.07 Å². The van der Waals surface area contributed by atoms with Crippen molar-refractivity contribution in [1.29, 1.82) is 0 Å². The molecule has 0 unspecified atom stereocenters. The van der Waals surface area contributed by atoms with Gasteiger partial charge in [0.25, 0.3) is 0 Å². The third-order valence-electron chi connectivity index (χ3n) is 4.43. The molecule has 1 fully saturated rings. The lowest BCUT2D eigenvalue weighted by Gasteiger charge is -2.32. The van der Waals surface area contributed by atoms with E-state index in [2.05, 4.69) is 57.5 Å². The molecule has 2 rings (SSSR count). The van der Waals surface area contributed by atoms with Crippen LogP contribution < -0.4 is 10.4 Å². The topological polar surface area (TPSA) is 34.6 Å². The zero-order valence-corrected chi connectivity index (χ0v) is 13.7. The number of hydrogen-bond acceptors (Lipinski definition) is 4. The third kappa shape index (κ3) is 2.57. The molecule has 1 saturated heterocycles. The predicted molar refractivity (Wildman–Crippen MR) is 83.6 cm³/mol. The van der Waals surface area contributed by atoms with E-state index in [1.54, 1.807) is 0 Å². The minimum absolute atomic E-state index is 0.315. The number of aromatic nitrogens is 1. The number of nitrogens with zero attached hydrogens (tertiary/aromatic N) is 2. The molecule has 0 radical (unpaired) electrons. The molecule has 0 atom stereocenters. The number of anilines is 1. The van der Waals surface area contributed by atoms with Crippen molar-refractivity contribution < 1.29 is 9.31 Å². The Kier molecular flexibility index (Phi) is 3.86. The summed E-state index contributed by atoms with van der Waals surface area (Å²) in [6.45, 7) is 13.4.